The molecule has 1 rings (SSSR count). The number of carbonyl (C=O) groups excluding carboxylic acids is 1. The Kier molecular flexibility index (Phi) is 11.1. The summed E-state index contributed by atoms with van der Waals surface area (Å²) < 4.78 is 13.6. The first kappa shape index (κ1) is 30.5. The molecule has 5 heteroatoms. The van der Waals surface area contributed by atoms with Gasteiger partial charge in [0, 0.05) is 18.3 Å². The fraction of sp³-hybridized carbons (Fsp3) is 0.821. The second-order valence-electron chi connectivity index (χ2n) is 13.1. The fourth-order valence-electron chi connectivity index (χ4n) is 3.96. The molecule has 1 fully saturated rings. The molecule has 0 spiro atoms. The molecule has 1 aliphatic rings. The van der Waals surface area contributed by atoms with Gasteiger partial charge >= 0.3 is 0 Å². The molecule has 0 aromatic carbocycles. The van der Waals surface area contributed by atoms with Crippen LogP contribution in [0.15, 0.2) is 24.8 Å². The molecule has 0 aromatic rings. The Bertz CT molecular complexity index is 668. The van der Waals surface area contributed by atoms with Crippen molar-refractivity contribution in [3.8, 4) is 0 Å². The number of ketones is 1. The van der Waals surface area contributed by atoms with E-state index in [9.17, 15) is 4.79 Å². The lowest BCUT2D eigenvalue weighted by Gasteiger charge is -2.40. The molecular formula is C28H54O3Si2. The molecule has 3 nitrogen and oxygen atoms in total. The molecule has 4 atom stereocenters. The zero-order valence-corrected chi connectivity index (χ0v) is 25.7. The van der Waals surface area contributed by atoms with Crippen molar-refractivity contribution in [3.05, 3.63) is 24.8 Å². The summed E-state index contributed by atoms with van der Waals surface area (Å²) in [6, 6.07) is 0. The Morgan fingerprint density at radius 2 is 1.61 bits per heavy atom. The van der Waals surface area contributed by atoms with Gasteiger partial charge in [0.25, 0.3) is 0 Å². The lowest BCUT2D eigenvalue weighted by Crippen LogP contribution is -2.45. The number of hydrogen-bond donors (Lipinski definition) is 0. The lowest BCUT2D eigenvalue weighted by atomic mass is 9.90. The first-order valence-electron chi connectivity index (χ1n) is 13.1. The quantitative estimate of drug-likeness (QED) is 0.155. The molecule has 0 N–H and O–H groups in total. The van der Waals surface area contributed by atoms with Gasteiger partial charge in [0.2, 0.25) is 0 Å². The molecule has 33 heavy (non-hydrogen) atoms. The minimum absolute atomic E-state index is 0.0299. The van der Waals surface area contributed by atoms with Gasteiger partial charge in [0.1, 0.15) is 5.78 Å². The average molecular weight is 495 g/mol. The molecule has 0 heterocycles. The van der Waals surface area contributed by atoms with E-state index >= 15 is 0 Å². The molecule has 192 valence electrons. The predicted molar refractivity (Wildman–Crippen MR) is 149 cm³/mol. The van der Waals surface area contributed by atoms with Crippen LogP contribution in [-0.4, -0.2) is 34.6 Å². The van der Waals surface area contributed by atoms with E-state index in [2.05, 4.69) is 93.4 Å². The fourth-order valence-corrected chi connectivity index (χ4v) is 6.62. The molecule has 0 aliphatic heterocycles. The Morgan fingerprint density at radius 3 is 2.09 bits per heavy atom. The van der Waals surface area contributed by atoms with Crippen LogP contribution in [0.4, 0.5) is 0 Å². The van der Waals surface area contributed by atoms with Crippen LogP contribution in [0, 0.1) is 11.8 Å². The molecule has 0 amide bonds. The third-order valence-electron chi connectivity index (χ3n) is 8.28. The molecule has 1 aliphatic carbocycles. The lowest BCUT2D eigenvalue weighted by molar-refractivity contribution is -0.121. The third-order valence-corrected chi connectivity index (χ3v) is 17.3. The first-order chi connectivity index (χ1) is 15.0. The van der Waals surface area contributed by atoms with Crippen molar-refractivity contribution in [1.29, 1.82) is 0 Å². The largest absolute Gasteiger partial charge is 0.413 e. The Labute approximate surface area is 208 Å². The highest BCUT2D eigenvalue weighted by Crippen LogP contribution is 2.43. The van der Waals surface area contributed by atoms with Gasteiger partial charge in [-0.25, -0.2) is 0 Å². The van der Waals surface area contributed by atoms with Crippen molar-refractivity contribution in [2.45, 2.75) is 135 Å². The van der Waals surface area contributed by atoms with Crippen molar-refractivity contribution in [2.24, 2.45) is 11.8 Å². The Hall–Kier alpha value is -0.496. The van der Waals surface area contributed by atoms with Gasteiger partial charge in [0.05, 0.1) is 12.2 Å². The predicted octanol–water partition coefficient (Wildman–Crippen LogP) is 8.69. The molecule has 0 aromatic heterocycles. The second kappa shape index (κ2) is 12.0. The van der Waals surface area contributed by atoms with E-state index in [0.717, 1.165) is 12.8 Å². The van der Waals surface area contributed by atoms with Crippen molar-refractivity contribution in [3.63, 3.8) is 0 Å². The van der Waals surface area contributed by atoms with E-state index in [4.69, 9.17) is 8.85 Å². The summed E-state index contributed by atoms with van der Waals surface area (Å²) >= 11 is 0. The summed E-state index contributed by atoms with van der Waals surface area (Å²) in [5.41, 5.74) is 0. The monoisotopic (exact) mass is 494 g/mol. The topological polar surface area (TPSA) is 35.5 Å². The minimum Gasteiger partial charge on any atom is -0.413 e. The average Bonchev–Trinajstić information content (AvgIpc) is 2.92. The minimum atomic E-state index is -1.98. The van der Waals surface area contributed by atoms with E-state index in [1.54, 1.807) is 0 Å². The van der Waals surface area contributed by atoms with E-state index in [0.29, 0.717) is 12.2 Å². The van der Waals surface area contributed by atoms with Gasteiger partial charge in [-0.15, -0.1) is 6.58 Å². The second-order valence-corrected chi connectivity index (χ2v) is 22.6. The zero-order chi connectivity index (χ0) is 25.7. The van der Waals surface area contributed by atoms with Gasteiger partial charge in [-0.2, -0.15) is 0 Å². The molecule has 0 radical (unpaired) electrons. The number of Topliss-reactive ketones (excluding diaryl/α,β-unsaturated/α-hetero) is 1. The van der Waals surface area contributed by atoms with Gasteiger partial charge < -0.3 is 8.85 Å². The van der Waals surface area contributed by atoms with E-state index in [1.807, 2.05) is 6.08 Å². The van der Waals surface area contributed by atoms with Gasteiger partial charge in [-0.1, -0.05) is 86.0 Å². The highest BCUT2D eigenvalue weighted by molar-refractivity contribution is 6.74. The highest BCUT2D eigenvalue weighted by Gasteiger charge is 2.47. The maximum Gasteiger partial charge on any atom is 0.192 e. The van der Waals surface area contributed by atoms with E-state index < -0.39 is 16.6 Å². The molecule has 3 unspecified atom stereocenters. The van der Waals surface area contributed by atoms with Gasteiger partial charge in [0.15, 0.2) is 16.6 Å². The molecular weight excluding hydrogens is 440 g/mol. The Balaban J connectivity index is 3.20. The highest BCUT2D eigenvalue weighted by atomic mass is 28.4. The van der Waals surface area contributed by atoms with Crippen LogP contribution in [0.5, 0.6) is 0 Å². The maximum atomic E-state index is 13.0. The number of allylic oxidation sites excluding steroid dienone is 1. The van der Waals surface area contributed by atoms with Crippen LogP contribution in [0.3, 0.4) is 0 Å². The summed E-state index contributed by atoms with van der Waals surface area (Å²) in [4.78, 5) is 13.0. The summed E-state index contributed by atoms with van der Waals surface area (Å²) in [6.07, 6.45) is 12.4. The van der Waals surface area contributed by atoms with Crippen molar-refractivity contribution < 1.29 is 13.6 Å². The number of unbranched alkanes of at least 4 members (excludes halogenated alkanes) is 2. The maximum absolute atomic E-state index is 13.0. The molecule has 0 bridgehead atoms. The number of carbonyl (C=O) groups is 1. The molecule has 1 saturated carbocycles. The van der Waals surface area contributed by atoms with Crippen LogP contribution in [0.25, 0.3) is 0 Å². The number of hydrogen-bond acceptors (Lipinski definition) is 3. The van der Waals surface area contributed by atoms with Crippen LogP contribution >= 0.6 is 0 Å². The van der Waals surface area contributed by atoms with E-state index in [-0.39, 0.29) is 34.1 Å². The zero-order valence-electron chi connectivity index (χ0n) is 23.7. The smallest absolute Gasteiger partial charge is 0.192 e. The van der Waals surface area contributed by atoms with Crippen LogP contribution in [-0.2, 0) is 13.6 Å². The first-order valence-corrected chi connectivity index (χ1v) is 19.0. The van der Waals surface area contributed by atoms with E-state index in [1.165, 1.54) is 19.3 Å². The Morgan fingerprint density at radius 1 is 1.03 bits per heavy atom. The number of rotatable bonds is 12. The van der Waals surface area contributed by atoms with Crippen molar-refractivity contribution in [1.82, 2.24) is 0 Å². The van der Waals surface area contributed by atoms with Crippen LogP contribution in [0.2, 0.25) is 36.3 Å². The summed E-state index contributed by atoms with van der Waals surface area (Å²) in [6.45, 7) is 29.1. The van der Waals surface area contributed by atoms with Gasteiger partial charge in [-0.3, -0.25) is 4.79 Å². The van der Waals surface area contributed by atoms with Crippen LogP contribution < -0.4 is 0 Å². The van der Waals surface area contributed by atoms with Crippen molar-refractivity contribution >= 4 is 22.4 Å². The summed E-state index contributed by atoms with van der Waals surface area (Å²) in [5, 5.41) is 0.293. The SMILES string of the molecule is C=CCC1C(=O)CC(O[Si](C)(C)C(C)(C)C)C1C=C[C@H](CCCCC)O[Si](C)(C)C(C)(C)C. The standard InChI is InChI=1S/C28H54O3Si2/c1-13-15-16-18-22(30-32(9,10)27(3,4)5)19-20-24-23(17-14-2)25(29)21-26(24)31-33(11,12)28(6,7)8/h14,19-20,22-24,26H,2,13,15-18,21H2,1,3-12H3/t22-,23?,24?,26?/m0/s1. The molecule has 0 saturated heterocycles. The summed E-state index contributed by atoms with van der Waals surface area (Å²) in [5.74, 6) is 0.389. The van der Waals surface area contributed by atoms with Gasteiger partial charge in [-0.05, 0) is 49.1 Å². The van der Waals surface area contributed by atoms with Crippen molar-refractivity contribution in [2.75, 3.05) is 0 Å². The van der Waals surface area contributed by atoms with Crippen LogP contribution in [0.1, 0.15) is 87.0 Å². The third kappa shape index (κ3) is 8.59. The summed E-state index contributed by atoms with van der Waals surface area (Å²) in [7, 11) is -3.86. The normalized spacial score (nSPS) is 24.0.